The molecule has 1 amide bonds. The molecule has 0 bridgehead atoms. The van der Waals surface area contributed by atoms with Gasteiger partial charge in [-0.25, -0.2) is 4.39 Å². The zero-order chi connectivity index (χ0) is 15.0. The number of aliphatic hydroxyl groups excluding tert-OH is 1. The highest BCUT2D eigenvalue weighted by Crippen LogP contribution is 2.35. The van der Waals surface area contributed by atoms with Crippen molar-refractivity contribution in [2.45, 2.75) is 19.4 Å². The van der Waals surface area contributed by atoms with Crippen molar-refractivity contribution in [1.29, 1.82) is 0 Å². The van der Waals surface area contributed by atoms with Gasteiger partial charge in [0, 0.05) is 23.4 Å². The molecule has 1 heterocycles. The molecular weight excluding hydrogens is 269 g/mol. The Bertz CT molecular complexity index is 699. The monoisotopic (exact) mass is 285 g/mol. The van der Waals surface area contributed by atoms with Crippen molar-refractivity contribution < 1.29 is 14.3 Å². The van der Waals surface area contributed by atoms with Crippen LogP contribution >= 0.6 is 0 Å². The summed E-state index contributed by atoms with van der Waals surface area (Å²) in [5, 5.41) is 10.1. The third kappa shape index (κ3) is 2.54. The zero-order valence-electron chi connectivity index (χ0n) is 11.7. The summed E-state index contributed by atoms with van der Waals surface area (Å²) in [6.45, 7) is 2.37. The molecule has 1 aliphatic rings. The Hall–Kier alpha value is -2.20. The maximum absolute atomic E-state index is 13.3. The van der Waals surface area contributed by atoms with Crippen molar-refractivity contribution in [3.05, 3.63) is 65.0 Å². The summed E-state index contributed by atoms with van der Waals surface area (Å²) < 4.78 is 13.3. The fraction of sp³-hybridized carbons (Fsp3) is 0.235. The number of hydrogen-bond acceptors (Lipinski definition) is 2. The summed E-state index contributed by atoms with van der Waals surface area (Å²) in [6.07, 6.45) is -0.0752. The van der Waals surface area contributed by atoms with Gasteiger partial charge in [-0.15, -0.1) is 0 Å². The van der Waals surface area contributed by atoms with Crippen LogP contribution in [-0.2, 0) is 0 Å². The van der Waals surface area contributed by atoms with Crippen LogP contribution in [0.1, 0.15) is 34.0 Å². The number of halogens is 1. The standard InChI is InChI=1S/C17H16FNO2/c1-11-5-6-15-14(9-11)16(20)7-8-19(15)17(21)12-3-2-4-13(18)10-12/h2-6,9-10,16,20H,7-8H2,1H3. The van der Waals surface area contributed by atoms with Crippen molar-refractivity contribution in [3.8, 4) is 0 Å². The fourth-order valence-electron chi connectivity index (χ4n) is 2.70. The first-order valence-corrected chi connectivity index (χ1v) is 6.92. The molecule has 0 saturated heterocycles. The second kappa shape index (κ2) is 5.30. The Kier molecular flexibility index (Phi) is 3.47. The minimum Gasteiger partial charge on any atom is -0.388 e. The van der Waals surface area contributed by atoms with Crippen LogP contribution in [0.15, 0.2) is 42.5 Å². The number of aliphatic hydroxyl groups is 1. The van der Waals surface area contributed by atoms with Crippen molar-refractivity contribution in [2.75, 3.05) is 11.4 Å². The van der Waals surface area contributed by atoms with E-state index in [4.69, 9.17) is 0 Å². The highest BCUT2D eigenvalue weighted by atomic mass is 19.1. The average molecular weight is 285 g/mol. The molecule has 0 aromatic heterocycles. The van der Waals surface area contributed by atoms with E-state index in [1.54, 1.807) is 11.0 Å². The van der Waals surface area contributed by atoms with E-state index < -0.39 is 11.9 Å². The van der Waals surface area contributed by atoms with Gasteiger partial charge < -0.3 is 10.0 Å². The summed E-state index contributed by atoms with van der Waals surface area (Å²) in [5.74, 6) is -0.673. The number of hydrogen-bond donors (Lipinski definition) is 1. The van der Waals surface area contributed by atoms with Gasteiger partial charge in [-0.2, -0.15) is 0 Å². The molecule has 4 heteroatoms. The molecule has 2 aromatic carbocycles. The summed E-state index contributed by atoms with van der Waals surface area (Å²) >= 11 is 0. The number of amides is 1. The maximum atomic E-state index is 13.3. The summed E-state index contributed by atoms with van der Waals surface area (Å²) in [7, 11) is 0. The molecule has 1 unspecified atom stereocenters. The van der Waals surface area contributed by atoms with Crippen LogP contribution in [0.2, 0.25) is 0 Å². The van der Waals surface area contributed by atoms with E-state index in [0.29, 0.717) is 24.2 Å². The largest absolute Gasteiger partial charge is 0.388 e. The average Bonchev–Trinajstić information content (AvgIpc) is 2.47. The first kappa shape index (κ1) is 13.8. The minimum absolute atomic E-state index is 0.244. The Labute approximate surface area is 122 Å². The van der Waals surface area contributed by atoms with Crippen LogP contribution in [0.5, 0.6) is 0 Å². The predicted octanol–water partition coefficient (Wildman–Crippen LogP) is 3.22. The van der Waals surface area contributed by atoms with Crippen LogP contribution in [0.25, 0.3) is 0 Å². The molecule has 21 heavy (non-hydrogen) atoms. The molecule has 1 N–H and O–H groups in total. The summed E-state index contributed by atoms with van der Waals surface area (Å²) in [4.78, 5) is 14.2. The van der Waals surface area contributed by atoms with Crippen molar-refractivity contribution in [1.82, 2.24) is 0 Å². The second-order valence-corrected chi connectivity index (χ2v) is 5.33. The lowest BCUT2D eigenvalue weighted by atomic mass is 9.96. The van der Waals surface area contributed by atoms with Crippen LogP contribution in [0.4, 0.5) is 10.1 Å². The van der Waals surface area contributed by atoms with Gasteiger partial charge in [0.05, 0.1) is 6.10 Å². The SMILES string of the molecule is Cc1ccc2c(c1)C(O)CCN2C(=O)c1cccc(F)c1. The van der Waals surface area contributed by atoms with E-state index in [1.807, 2.05) is 25.1 Å². The molecule has 0 radical (unpaired) electrons. The number of fused-ring (bicyclic) bond motifs is 1. The molecule has 1 aliphatic heterocycles. The van der Waals surface area contributed by atoms with Crippen LogP contribution in [0, 0.1) is 12.7 Å². The van der Waals surface area contributed by atoms with E-state index >= 15 is 0 Å². The van der Waals surface area contributed by atoms with E-state index in [0.717, 1.165) is 11.1 Å². The normalized spacial score (nSPS) is 17.5. The van der Waals surface area contributed by atoms with Gasteiger partial charge in [-0.3, -0.25) is 4.79 Å². The summed E-state index contributed by atoms with van der Waals surface area (Å²) in [5.41, 5.74) is 2.81. The number of nitrogens with zero attached hydrogens (tertiary/aromatic N) is 1. The highest BCUT2D eigenvalue weighted by molar-refractivity contribution is 6.06. The molecule has 1 atom stereocenters. The lowest BCUT2D eigenvalue weighted by Crippen LogP contribution is -2.36. The second-order valence-electron chi connectivity index (χ2n) is 5.33. The molecule has 3 nitrogen and oxygen atoms in total. The van der Waals surface area contributed by atoms with Crippen molar-refractivity contribution in [3.63, 3.8) is 0 Å². The van der Waals surface area contributed by atoms with Crippen molar-refractivity contribution >= 4 is 11.6 Å². The fourth-order valence-corrected chi connectivity index (χ4v) is 2.70. The van der Waals surface area contributed by atoms with Gasteiger partial charge in [0.25, 0.3) is 5.91 Å². The Balaban J connectivity index is 2.01. The highest BCUT2D eigenvalue weighted by Gasteiger charge is 2.28. The predicted molar refractivity (Wildman–Crippen MR) is 78.8 cm³/mol. The smallest absolute Gasteiger partial charge is 0.258 e. The zero-order valence-corrected chi connectivity index (χ0v) is 11.7. The topological polar surface area (TPSA) is 40.5 Å². The number of rotatable bonds is 1. The van der Waals surface area contributed by atoms with Gasteiger partial charge in [0.15, 0.2) is 0 Å². The van der Waals surface area contributed by atoms with Gasteiger partial charge in [-0.1, -0.05) is 23.8 Å². The van der Waals surface area contributed by atoms with E-state index in [-0.39, 0.29) is 5.91 Å². The number of anilines is 1. The first-order chi connectivity index (χ1) is 10.1. The van der Waals surface area contributed by atoms with Crippen LogP contribution < -0.4 is 4.90 Å². The van der Waals surface area contributed by atoms with Gasteiger partial charge in [0.2, 0.25) is 0 Å². The van der Waals surface area contributed by atoms with Gasteiger partial charge in [0.1, 0.15) is 5.82 Å². The first-order valence-electron chi connectivity index (χ1n) is 6.92. The number of carbonyl (C=O) groups is 1. The summed E-state index contributed by atoms with van der Waals surface area (Å²) in [6, 6.07) is 11.3. The van der Waals surface area contributed by atoms with E-state index in [1.165, 1.54) is 18.2 Å². The molecule has 3 rings (SSSR count). The Morgan fingerprint density at radius 1 is 1.29 bits per heavy atom. The van der Waals surface area contributed by atoms with E-state index in [2.05, 4.69) is 0 Å². The Morgan fingerprint density at radius 3 is 2.86 bits per heavy atom. The number of benzene rings is 2. The Morgan fingerprint density at radius 2 is 2.10 bits per heavy atom. The van der Waals surface area contributed by atoms with Crippen LogP contribution in [-0.4, -0.2) is 17.6 Å². The molecule has 2 aromatic rings. The molecule has 0 aliphatic carbocycles. The maximum Gasteiger partial charge on any atom is 0.258 e. The van der Waals surface area contributed by atoms with Crippen LogP contribution in [0.3, 0.4) is 0 Å². The van der Waals surface area contributed by atoms with E-state index in [9.17, 15) is 14.3 Å². The quantitative estimate of drug-likeness (QED) is 0.874. The minimum atomic E-state index is -0.559. The molecule has 0 spiro atoms. The lowest BCUT2D eigenvalue weighted by molar-refractivity contribution is 0.0970. The lowest BCUT2D eigenvalue weighted by Gasteiger charge is -2.32. The third-order valence-corrected chi connectivity index (χ3v) is 3.78. The number of aryl methyl sites for hydroxylation is 1. The van der Waals surface area contributed by atoms with Gasteiger partial charge >= 0.3 is 0 Å². The molecule has 0 fully saturated rings. The molecular formula is C17H16FNO2. The molecule has 0 saturated carbocycles. The number of carbonyl (C=O) groups excluding carboxylic acids is 1. The van der Waals surface area contributed by atoms with Crippen molar-refractivity contribution in [2.24, 2.45) is 0 Å². The van der Waals surface area contributed by atoms with Gasteiger partial charge in [-0.05, 0) is 37.6 Å². The molecule has 108 valence electrons. The third-order valence-electron chi connectivity index (χ3n) is 3.78.